The van der Waals surface area contributed by atoms with Crippen molar-refractivity contribution in [3.63, 3.8) is 0 Å². The fourth-order valence-electron chi connectivity index (χ4n) is 9.10. The van der Waals surface area contributed by atoms with Crippen LogP contribution in [0, 0.1) is 73.8 Å². The molecule has 0 aliphatic carbocycles. The lowest BCUT2D eigenvalue weighted by atomic mass is 9.92. The standard InChI is InChI=1S/C52H52N4Si/c1-29-23-32(4)47(33(5)24-29)50-41-15-13-39(53-41)38(21-22-57(10,11)12)40-14-16-42(54-40)51(48-34(6)25-30(2)26-35(48)7)44-18-20-46(56-44)52(45-19-17-43(50)55-45)49-36(8)27-31(3)28-37(49)9/h13-20,23-28,53,56H,1-12H3. The van der Waals surface area contributed by atoms with Crippen molar-refractivity contribution in [1.82, 2.24) is 19.9 Å². The molecule has 0 radical (unpaired) electrons. The minimum Gasteiger partial charge on any atom is -0.354 e. The van der Waals surface area contributed by atoms with Crippen molar-refractivity contribution in [3.05, 3.63) is 139 Å². The molecule has 0 atom stereocenters. The summed E-state index contributed by atoms with van der Waals surface area (Å²) in [5, 5.41) is 0. The van der Waals surface area contributed by atoms with E-state index in [-0.39, 0.29) is 0 Å². The third-order valence-corrected chi connectivity index (χ3v) is 12.0. The first kappa shape index (κ1) is 37.9. The van der Waals surface area contributed by atoms with E-state index in [4.69, 9.17) is 9.97 Å². The second-order valence-corrected chi connectivity index (χ2v) is 22.1. The van der Waals surface area contributed by atoms with Crippen LogP contribution < -0.4 is 0 Å². The Hall–Kier alpha value is -5.96. The zero-order chi connectivity index (χ0) is 40.5. The number of nitrogens with zero attached hydrogens (tertiary/aromatic N) is 2. The molecule has 2 N–H and O–H groups in total. The number of rotatable bonds is 3. The van der Waals surface area contributed by atoms with Crippen molar-refractivity contribution >= 4 is 54.4 Å². The molecule has 0 unspecified atom stereocenters. The lowest BCUT2D eigenvalue weighted by Crippen LogP contribution is -2.16. The molecule has 0 saturated heterocycles. The number of fused-ring (bicyclic) bond motifs is 8. The minimum absolute atomic E-state index is 0.860. The molecule has 3 aromatic carbocycles. The van der Waals surface area contributed by atoms with E-state index in [1.54, 1.807) is 0 Å². The zero-order valence-electron chi connectivity index (χ0n) is 35.5. The Morgan fingerprint density at radius 3 is 1.05 bits per heavy atom. The van der Waals surface area contributed by atoms with Gasteiger partial charge in [0, 0.05) is 33.2 Å². The van der Waals surface area contributed by atoms with Crippen LogP contribution in [-0.4, -0.2) is 28.0 Å². The molecular formula is C52H52N4Si. The largest absolute Gasteiger partial charge is 0.354 e. The van der Waals surface area contributed by atoms with E-state index in [9.17, 15) is 0 Å². The highest BCUT2D eigenvalue weighted by molar-refractivity contribution is 6.83. The number of hydrogen-bond donors (Lipinski definition) is 2. The Labute approximate surface area is 338 Å². The maximum absolute atomic E-state index is 5.58. The molecular weight excluding hydrogens is 709 g/mol. The third-order valence-electron chi connectivity index (χ3n) is 11.1. The number of H-pyrrole nitrogens is 2. The van der Waals surface area contributed by atoms with E-state index in [0.717, 1.165) is 67.1 Å². The van der Waals surface area contributed by atoms with Crippen LogP contribution in [0.15, 0.2) is 60.7 Å². The number of hydrogen-bond acceptors (Lipinski definition) is 2. The number of aromatic nitrogens is 4. The average molecular weight is 761 g/mol. The van der Waals surface area contributed by atoms with Gasteiger partial charge in [0.1, 0.15) is 8.07 Å². The number of nitrogens with one attached hydrogen (secondary N) is 2. The summed E-state index contributed by atoms with van der Waals surface area (Å²) in [5.41, 5.74) is 30.1. The first-order chi connectivity index (χ1) is 27.1. The topological polar surface area (TPSA) is 57.4 Å². The molecule has 8 bridgehead atoms. The first-order valence-electron chi connectivity index (χ1n) is 20.0. The van der Waals surface area contributed by atoms with Crippen LogP contribution in [0.3, 0.4) is 0 Å². The van der Waals surface area contributed by atoms with Gasteiger partial charge in [0.15, 0.2) is 0 Å². The summed E-state index contributed by atoms with van der Waals surface area (Å²) in [5.74, 6) is 3.65. The quantitative estimate of drug-likeness (QED) is 0.139. The summed E-state index contributed by atoms with van der Waals surface area (Å²) in [6, 6.07) is 22.5. The molecule has 0 amide bonds. The van der Waals surface area contributed by atoms with Crippen LogP contribution >= 0.6 is 0 Å². The highest BCUT2D eigenvalue weighted by Crippen LogP contribution is 2.41. The molecule has 0 spiro atoms. The van der Waals surface area contributed by atoms with E-state index >= 15 is 0 Å². The molecule has 0 fully saturated rings. The molecule has 2 aliphatic rings. The molecule has 3 aromatic heterocycles. The lowest BCUT2D eigenvalue weighted by molar-refractivity contribution is 1.27. The van der Waals surface area contributed by atoms with Gasteiger partial charge in [-0.2, -0.15) is 0 Å². The van der Waals surface area contributed by atoms with Crippen LogP contribution in [0.4, 0.5) is 0 Å². The van der Waals surface area contributed by atoms with Crippen molar-refractivity contribution in [1.29, 1.82) is 0 Å². The van der Waals surface area contributed by atoms with Crippen molar-refractivity contribution in [2.75, 3.05) is 0 Å². The van der Waals surface area contributed by atoms with Gasteiger partial charge in [0.25, 0.3) is 0 Å². The van der Waals surface area contributed by atoms with Gasteiger partial charge in [0.2, 0.25) is 0 Å². The Bertz CT molecular complexity index is 2860. The highest BCUT2D eigenvalue weighted by Gasteiger charge is 2.22. The fraction of sp³-hybridized carbons (Fsp3) is 0.231. The predicted molar refractivity (Wildman–Crippen MR) is 248 cm³/mol. The van der Waals surface area contributed by atoms with Gasteiger partial charge in [-0.25, -0.2) is 9.97 Å². The SMILES string of the molecule is Cc1cc(C)c(-c2c3nc(c(-c4c(C)cc(C)cc4C)c4ccc([nH]4)c(-c4c(C)cc(C)cc4C)c4nc(c(C#C[Si](C)(C)C)c5ccc2[nH]5)C=C4)C=C3)c(C)c1. The molecule has 2 aliphatic heterocycles. The Morgan fingerprint density at radius 1 is 0.404 bits per heavy atom. The Kier molecular flexibility index (Phi) is 9.45. The summed E-state index contributed by atoms with van der Waals surface area (Å²) in [4.78, 5) is 18.9. The van der Waals surface area contributed by atoms with Crippen molar-refractivity contribution in [2.24, 2.45) is 0 Å². The van der Waals surface area contributed by atoms with E-state index in [2.05, 4.69) is 188 Å². The summed E-state index contributed by atoms with van der Waals surface area (Å²) in [6.07, 6.45) is 8.71. The Morgan fingerprint density at radius 2 is 0.702 bits per heavy atom. The minimum atomic E-state index is -1.75. The van der Waals surface area contributed by atoms with Crippen molar-refractivity contribution in [2.45, 2.75) is 82.0 Å². The van der Waals surface area contributed by atoms with Crippen LogP contribution in [0.1, 0.15) is 78.4 Å². The van der Waals surface area contributed by atoms with E-state index < -0.39 is 8.07 Å². The van der Waals surface area contributed by atoms with Gasteiger partial charge in [-0.1, -0.05) is 78.7 Å². The average Bonchev–Trinajstić information content (AvgIpc) is 3.94. The van der Waals surface area contributed by atoms with Gasteiger partial charge >= 0.3 is 0 Å². The van der Waals surface area contributed by atoms with Crippen LogP contribution in [0.2, 0.25) is 19.6 Å². The second kappa shape index (κ2) is 14.2. The molecule has 0 saturated carbocycles. The first-order valence-corrected chi connectivity index (χ1v) is 23.5. The summed E-state index contributed by atoms with van der Waals surface area (Å²) >= 11 is 0. The maximum atomic E-state index is 5.58. The molecule has 284 valence electrons. The zero-order valence-corrected chi connectivity index (χ0v) is 36.5. The molecule has 5 heterocycles. The van der Waals surface area contributed by atoms with Crippen molar-refractivity contribution < 1.29 is 0 Å². The lowest BCUT2D eigenvalue weighted by Gasteiger charge is -2.14. The summed E-state index contributed by atoms with van der Waals surface area (Å²) in [7, 11) is -1.75. The van der Waals surface area contributed by atoms with E-state index in [1.807, 2.05) is 0 Å². The molecule has 5 heteroatoms. The molecule has 6 aromatic rings. The maximum Gasteiger partial charge on any atom is 0.129 e. The van der Waals surface area contributed by atoms with Gasteiger partial charge in [-0.05, 0) is 161 Å². The highest BCUT2D eigenvalue weighted by atomic mass is 28.3. The van der Waals surface area contributed by atoms with E-state index in [1.165, 1.54) is 66.8 Å². The monoisotopic (exact) mass is 760 g/mol. The van der Waals surface area contributed by atoms with Crippen LogP contribution in [-0.2, 0) is 0 Å². The number of aromatic amines is 2. The van der Waals surface area contributed by atoms with Crippen LogP contribution in [0.5, 0.6) is 0 Å². The van der Waals surface area contributed by atoms with E-state index in [0.29, 0.717) is 0 Å². The fourth-order valence-corrected chi connectivity index (χ4v) is 9.60. The van der Waals surface area contributed by atoms with Crippen molar-refractivity contribution in [3.8, 4) is 44.8 Å². The Balaban J connectivity index is 1.63. The number of benzene rings is 3. The molecule has 57 heavy (non-hydrogen) atoms. The smallest absolute Gasteiger partial charge is 0.129 e. The predicted octanol–water partition coefficient (Wildman–Crippen LogP) is 13.7. The van der Waals surface area contributed by atoms with Gasteiger partial charge < -0.3 is 9.97 Å². The third kappa shape index (κ3) is 7.04. The second-order valence-electron chi connectivity index (χ2n) is 17.3. The van der Waals surface area contributed by atoms with Gasteiger partial charge in [-0.15, -0.1) is 5.54 Å². The van der Waals surface area contributed by atoms with Crippen LogP contribution in [0.25, 0.3) is 79.8 Å². The van der Waals surface area contributed by atoms with Gasteiger partial charge in [-0.3, -0.25) is 0 Å². The van der Waals surface area contributed by atoms with Gasteiger partial charge in [0.05, 0.1) is 33.9 Å². The normalized spacial score (nSPS) is 12.3. The summed E-state index contributed by atoms with van der Waals surface area (Å²) < 4.78 is 0. The molecule has 8 rings (SSSR count). The summed E-state index contributed by atoms with van der Waals surface area (Å²) in [6.45, 7) is 26.7. The number of aryl methyl sites for hydroxylation is 9. The molecule has 4 nitrogen and oxygen atoms in total.